The van der Waals surface area contributed by atoms with Gasteiger partial charge in [-0.15, -0.1) is 0 Å². The van der Waals surface area contributed by atoms with Gasteiger partial charge in [0.2, 0.25) is 0 Å². The van der Waals surface area contributed by atoms with Gasteiger partial charge in [-0.25, -0.2) is 8.42 Å². The zero-order chi connectivity index (χ0) is 16.7. The van der Waals surface area contributed by atoms with Gasteiger partial charge in [-0.05, 0) is 26.0 Å². The molecule has 1 saturated heterocycles. The number of para-hydroxylation sites is 2. The minimum atomic E-state index is -2.82. The van der Waals surface area contributed by atoms with Gasteiger partial charge in [0.15, 0.2) is 0 Å². The molecule has 0 radical (unpaired) electrons. The monoisotopic (exact) mass is 343 g/mol. The van der Waals surface area contributed by atoms with Crippen LogP contribution in [0.4, 0.5) is 0 Å². The largest absolute Gasteiger partial charge is 0.456 e. The number of hydrogen-bond donors (Lipinski definition) is 0. The first kappa shape index (κ1) is 15.7. The zero-order valence-corrected chi connectivity index (χ0v) is 14.6. The van der Waals surface area contributed by atoms with Crippen LogP contribution in [0.1, 0.15) is 18.4 Å². The molecule has 24 heavy (non-hydrogen) atoms. The van der Waals surface area contributed by atoms with Crippen molar-refractivity contribution in [3.63, 3.8) is 0 Å². The summed E-state index contributed by atoms with van der Waals surface area (Å²) in [6.45, 7) is 0.766. The standard InChI is InChI=1S/C19H21NO3S/c1-20(15-9-11-24(21,22)12-10-15)13-14-5-4-7-17-16-6-2-3-8-18(16)23-19(14)17/h2-8,15H,9-13H2,1H3. The maximum absolute atomic E-state index is 11.6. The van der Waals surface area contributed by atoms with E-state index in [1.165, 1.54) is 0 Å². The molecule has 0 bridgehead atoms. The Hall–Kier alpha value is -1.85. The van der Waals surface area contributed by atoms with Gasteiger partial charge in [0.05, 0.1) is 11.5 Å². The summed E-state index contributed by atoms with van der Waals surface area (Å²) in [5.74, 6) is 0.605. The molecule has 126 valence electrons. The molecule has 0 N–H and O–H groups in total. The Bertz CT molecular complexity index is 976. The highest BCUT2D eigenvalue weighted by atomic mass is 32.2. The molecule has 1 fully saturated rings. The molecule has 0 atom stereocenters. The molecular weight excluding hydrogens is 322 g/mol. The smallest absolute Gasteiger partial charge is 0.150 e. The molecule has 0 amide bonds. The number of furan rings is 1. The Morgan fingerprint density at radius 1 is 1.04 bits per heavy atom. The summed E-state index contributed by atoms with van der Waals surface area (Å²) in [6.07, 6.45) is 1.43. The molecule has 4 rings (SSSR count). The maximum atomic E-state index is 11.6. The Morgan fingerprint density at radius 3 is 2.54 bits per heavy atom. The zero-order valence-electron chi connectivity index (χ0n) is 13.7. The summed E-state index contributed by atoms with van der Waals surface area (Å²) in [6, 6.07) is 14.7. The Balaban J connectivity index is 1.62. The average molecular weight is 343 g/mol. The van der Waals surface area contributed by atoms with E-state index in [1.54, 1.807) is 0 Å². The van der Waals surface area contributed by atoms with E-state index in [4.69, 9.17) is 4.42 Å². The second kappa shape index (κ2) is 5.90. The van der Waals surface area contributed by atoms with Crippen molar-refractivity contribution in [2.75, 3.05) is 18.6 Å². The molecule has 3 aromatic rings. The highest BCUT2D eigenvalue weighted by molar-refractivity contribution is 7.91. The highest BCUT2D eigenvalue weighted by Crippen LogP contribution is 2.31. The SMILES string of the molecule is CN(Cc1cccc2c1oc1ccccc12)C1CCS(=O)(=O)CC1. The molecule has 0 saturated carbocycles. The lowest BCUT2D eigenvalue weighted by Crippen LogP contribution is -2.38. The highest BCUT2D eigenvalue weighted by Gasteiger charge is 2.26. The van der Waals surface area contributed by atoms with Crippen LogP contribution in [0, 0.1) is 0 Å². The van der Waals surface area contributed by atoms with Crippen LogP contribution in [0.25, 0.3) is 21.9 Å². The third-order valence-electron chi connectivity index (χ3n) is 5.05. The van der Waals surface area contributed by atoms with Crippen LogP contribution in [0.15, 0.2) is 46.9 Å². The fraction of sp³-hybridized carbons (Fsp3) is 0.368. The van der Waals surface area contributed by atoms with Gasteiger partial charge in [0.1, 0.15) is 21.0 Å². The summed E-state index contributed by atoms with van der Waals surface area (Å²) in [5.41, 5.74) is 3.00. The van der Waals surface area contributed by atoms with Crippen molar-refractivity contribution in [2.45, 2.75) is 25.4 Å². The lowest BCUT2D eigenvalue weighted by atomic mass is 10.1. The number of fused-ring (bicyclic) bond motifs is 3. The summed E-state index contributed by atoms with van der Waals surface area (Å²) in [5, 5.41) is 2.28. The fourth-order valence-electron chi connectivity index (χ4n) is 3.65. The van der Waals surface area contributed by atoms with E-state index in [0.717, 1.165) is 46.9 Å². The van der Waals surface area contributed by atoms with Crippen molar-refractivity contribution in [3.05, 3.63) is 48.0 Å². The van der Waals surface area contributed by atoms with Gasteiger partial charge in [0, 0.05) is 28.9 Å². The third-order valence-corrected chi connectivity index (χ3v) is 6.77. The number of rotatable bonds is 3. The van der Waals surface area contributed by atoms with Crippen LogP contribution in [0.3, 0.4) is 0 Å². The van der Waals surface area contributed by atoms with Crippen molar-refractivity contribution in [1.29, 1.82) is 0 Å². The molecule has 1 aromatic heterocycles. The topological polar surface area (TPSA) is 50.5 Å². The summed E-state index contributed by atoms with van der Waals surface area (Å²) < 4.78 is 29.3. The molecule has 1 aliphatic heterocycles. The molecule has 2 heterocycles. The summed E-state index contributed by atoms with van der Waals surface area (Å²) in [4.78, 5) is 2.26. The van der Waals surface area contributed by atoms with E-state index >= 15 is 0 Å². The second-order valence-corrected chi connectivity index (χ2v) is 8.99. The molecule has 0 aliphatic carbocycles. The van der Waals surface area contributed by atoms with E-state index in [9.17, 15) is 8.42 Å². The Morgan fingerprint density at radius 2 is 1.75 bits per heavy atom. The first-order chi connectivity index (χ1) is 11.5. The van der Waals surface area contributed by atoms with E-state index in [1.807, 2.05) is 18.2 Å². The second-order valence-electron chi connectivity index (χ2n) is 6.69. The number of nitrogens with zero attached hydrogens (tertiary/aromatic N) is 1. The molecule has 0 spiro atoms. The van der Waals surface area contributed by atoms with E-state index < -0.39 is 9.84 Å². The normalized spacial score (nSPS) is 18.6. The maximum Gasteiger partial charge on any atom is 0.150 e. The minimum absolute atomic E-state index is 0.302. The van der Waals surface area contributed by atoms with E-state index in [0.29, 0.717) is 17.5 Å². The molecular formula is C19H21NO3S. The van der Waals surface area contributed by atoms with Gasteiger partial charge in [-0.3, -0.25) is 4.90 Å². The van der Waals surface area contributed by atoms with Crippen molar-refractivity contribution in [2.24, 2.45) is 0 Å². The van der Waals surface area contributed by atoms with Crippen LogP contribution >= 0.6 is 0 Å². The minimum Gasteiger partial charge on any atom is -0.456 e. The van der Waals surface area contributed by atoms with Crippen LogP contribution in [0.2, 0.25) is 0 Å². The van der Waals surface area contributed by atoms with E-state index in [2.05, 4.69) is 36.2 Å². The average Bonchev–Trinajstić information content (AvgIpc) is 2.94. The number of sulfone groups is 1. The molecule has 0 unspecified atom stereocenters. The van der Waals surface area contributed by atoms with Crippen molar-refractivity contribution in [3.8, 4) is 0 Å². The van der Waals surface area contributed by atoms with Crippen LogP contribution in [-0.4, -0.2) is 37.9 Å². The quantitative estimate of drug-likeness (QED) is 0.729. The number of benzene rings is 2. The summed E-state index contributed by atoms with van der Waals surface area (Å²) in [7, 11) is -0.746. The Kier molecular flexibility index (Phi) is 3.85. The lowest BCUT2D eigenvalue weighted by molar-refractivity contribution is 0.218. The van der Waals surface area contributed by atoms with Gasteiger partial charge in [-0.1, -0.05) is 36.4 Å². The van der Waals surface area contributed by atoms with Gasteiger partial charge >= 0.3 is 0 Å². The van der Waals surface area contributed by atoms with E-state index in [-0.39, 0.29) is 0 Å². The first-order valence-corrected chi connectivity index (χ1v) is 10.2. The summed E-state index contributed by atoms with van der Waals surface area (Å²) >= 11 is 0. The first-order valence-electron chi connectivity index (χ1n) is 8.33. The van der Waals surface area contributed by atoms with Crippen molar-refractivity contribution < 1.29 is 12.8 Å². The fourth-order valence-corrected chi connectivity index (χ4v) is 5.11. The third kappa shape index (κ3) is 2.82. The van der Waals surface area contributed by atoms with Crippen molar-refractivity contribution in [1.82, 2.24) is 4.90 Å². The number of hydrogen-bond acceptors (Lipinski definition) is 4. The Labute approximate surface area is 142 Å². The predicted molar refractivity (Wildman–Crippen MR) is 96.9 cm³/mol. The van der Waals surface area contributed by atoms with Gasteiger partial charge < -0.3 is 4.42 Å². The van der Waals surface area contributed by atoms with Crippen LogP contribution in [-0.2, 0) is 16.4 Å². The predicted octanol–water partition coefficient (Wildman–Crippen LogP) is 3.60. The lowest BCUT2D eigenvalue weighted by Gasteiger charge is -2.31. The molecule has 4 nitrogen and oxygen atoms in total. The molecule has 5 heteroatoms. The van der Waals surface area contributed by atoms with Gasteiger partial charge in [0.25, 0.3) is 0 Å². The van der Waals surface area contributed by atoms with Crippen LogP contribution < -0.4 is 0 Å². The molecule has 1 aliphatic rings. The van der Waals surface area contributed by atoms with Gasteiger partial charge in [-0.2, -0.15) is 0 Å². The van der Waals surface area contributed by atoms with Crippen molar-refractivity contribution >= 4 is 31.8 Å². The van der Waals surface area contributed by atoms with Crippen LogP contribution in [0.5, 0.6) is 0 Å². The molecule has 2 aromatic carbocycles.